The van der Waals surface area contributed by atoms with E-state index in [1.165, 1.54) is 22.3 Å². The Morgan fingerprint density at radius 2 is 1.73 bits per heavy atom. The van der Waals surface area contributed by atoms with Crippen molar-refractivity contribution >= 4 is 16.6 Å². The molecule has 0 atom stereocenters. The van der Waals surface area contributed by atoms with Crippen LogP contribution < -0.4 is 4.90 Å². The van der Waals surface area contributed by atoms with Crippen LogP contribution in [0.25, 0.3) is 10.9 Å². The molecule has 1 N–H and O–H groups in total. The van der Waals surface area contributed by atoms with Gasteiger partial charge in [0.2, 0.25) is 0 Å². The van der Waals surface area contributed by atoms with E-state index in [9.17, 15) is 0 Å². The molecule has 1 aliphatic heterocycles. The van der Waals surface area contributed by atoms with Gasteiger partial charge in [-0.25, -0.2) is 0 Å². The average Bonchev–Trinajstić information content (AvgIpc) is 2.98. The Morgan fingerprint density at radius 1 is 0.955 bits per heavy atom. The number of hydrogen-bond acceptors (Lipinski definition) is 3. The number of fused-ring (bicyclic) bond motifs is 1. The molecule has 3 heterocycles. The van der Waals surface area contributed by atoms with Gasteiger partial charge in [0.1, 0.15) is 0 Å². The zero-order chi connectivity index (χ0) is 14.8. The molecule has 4 nitrogen and oxygen atoms in total. The van der Waals surface area contributed by atoms with Crippen LogP contribution in [-0.2, 0) is 6.54 Å². The van der Waals surface area contributed by atoms with Crippen LogP contribution >= 0.6 is 0 Å². The maximum atomic E-state index is 4.09. The van der Waals surface area contributed by atoms with Gasteiger partial charge < -0.3 is 9.88 Å². The second-order valence-corrected chi connectivity index (χ2v) is 5.85. The zero-order valence-electron chi connectivity index (χ0n) is 12.6. The predicted molar refractivity (Wildman–Crippen MR) is 90.0 cm³/mol. The van der Waals surface area contributed by atoms with Gasteiger partial charge in [0.05, 0.1) is 0 Å². The van der Waals surface area contributed by atoms with Crippen molar-refractivity contribution in [2.45, 2.75) is 6.54 Å². The second kappa shape index (κ2) is 5.81. The van der Waals surface area contributed by atoms with Crippen LogP contribution in [0.5, 0.6) is 0 Å². The van der Waals surface area contributed by atoms with Gasteiger partial charge in [0.15, 0.2) is 0 Å². The summed E-state index contributed by atoms with van der Waals surface area (Å²) in [4.78, 5) is 12.6. The fraction of sp³-hybridized carbons (Fsp3) is 0.278. The number of anilines is 1. The molecular weight excluding hydrogens is 272 g/mol. The largest absolute Gasteiger partial charge is 0.369 e. The van der Waals surface area contributed by atoms with E-state index in [-0.39, 0.29) is 0 Å². The minimum absolute atomic E-state index is 0.999. The van der Waals surface area contributed by atoms with Crippen molar-refractivity contribution in [1.82, 2.24) is 14.9 Å². The van der Waals surface area contributed by atoms with Crippen molar-refractivity contribution in [2.24, 2.45) is 0 Å². The summed E-state index contributed by atoms with van der Waals surface area (Å²) in [7, 11) is 0. The van der Waals surface area contributed by atoms with Crippen LogP contribution in [0.1, 0.15) is 5.69 Å². The molecule has 1 saturated heterocycles. The minimum atomic E-state index is 0.999. The molecule has 0 radical (unpaired) electrons. The Bertz CT molecular complexity index is 709. The van der Waals surface area contributed by atoms with Crippen molar-refractivity contribution in [3.8, 4) is 0 Å². The second-order valence-electron chi connectivity index (χ2n) is 5.85. The van der Waals surface area contributed by atoms with Gasteiger partial charge in [-0.15, -0.1) is 0 Å². The summed E-state index contributed by atoms with van der Waals surface area (Å²) in [5.41, 5.74) is 3.81. The standard InChI is InChI=1S/C18H20N4/c1-2-4-18-15(3-1)13-16(20-18)14-21-9-11-22(12-10-21)17-5-7-19-8-6-17/h1-8,13,20H,9-12,14H2. The van der Waals surface area contributed by atoms with Crippen molar-refractivity contribution in [3.63, 3.8) is 0 Å². The Balaban J connectivity index is 1.39. The lowest BCUT2D eigenvalue weighted by atomic mass is 10.2. The summed E-state index contributed by atoms with van der Waals surface area (Å²) in [5.74, 6) is 0. The van der Waals surface area contributed by atoms with Gasteiger partial charge in [0.25, 0.3) is 0 Å². The lowest BCUT2D eigenvalue weighted by Crippen LogP contribution is -2.46. The van der Waals surface area contributed by atoms with Gasteiger partial charge in [-0.05, 0) is 29.7 Å². The van der Waals surface area contributed by atoms with E-state index in [0.717, 1.165) is 32.7 Å². The van der Waals surface area contributed by atoms with Gasteiger partial charge in [-0.3, -0.25) is 9.88 Å². The highest BCUT2D eigenvalue weighted by atomic mass is 15.3. The lowest BCUT2D eigenvalue weighted by Gasteiger charge is -2.35. The van der Waals surface area contributed by atoms with Gasteiger partial charge in [-0.1, -0.05) is 18.2 Å². The van der Waals surface area contributed by atoms with Crippen LogP contribution in [-0.4, -0.2) is 41.0 Å². The number of aromatic nitrogens is 2. The van der Waals surface area contributed by atoms with Crippen LogP contribution in [0.4, 0.5) is 5.69 Å². The van der Waals surface area contributed by atoms with Crippen molar-refractivity contribution in [1.29, 1.82) is 0 Å². The highest BCUT2D eigenvalue weighted by Crippen LogP contribution is 2.18. The molecule has 0 aliphatic carbocycles. The number of nitrogens with zero attached hydrogens (tertiary/aromatic N) is 3. The van der Waals surface area contributed by atoms with E-state index < -0.39 is 0 Å². The molecular formula is C18H20N4. The number of para-hydroxylation sites is 1. The highest BCUT2D eigenvalue weighted by Gasteiger charge is 2.17. The highest BCUT2D eigenvalue weighted by molar-refractivity contribution is 5.80. The fourth-order valence-electron chi connectivity index (χ4n) is 3.18. The molecule has 1 aromatic carbocycles. The van der Waals surface area contributed by atoms with E-state index in [0.29, 0.717) is 0 Å². The number of nitrogens with one attached hydrogen (secondary N) is 1. The third kappa shape index (κ3) is 2.70. The first kappa shape index (κ1) is 13.3. The maximum Gasteiger partial charge on any atom is 0.0456 e. The molecule has 112 valence electrons. The van der Waals surface area contributed by atoms with Crippen molar-refractivity contribution in [2.75, 3.05) is 31.1 Å². The first-order valence-electron chi connectivity index (χ1n) is 7.82. The number of benzene rings is 1. The first-order valence-corrected chi connectivity index (χ1v) is 7.82. The van der Waals surface area contributed by atoms with Crippen LogP contribution in [0, 0.1) is 0 Å². The fourth-order valence-corrected chi connectivity index (χ4v) is 3.18. The summed E-state index contributed by atoms with van der Waals surface area (Å²) in [5, 5.41) is 1.30. The molecule has 1 aliphatic rings. The summed E-state index contributed by atoms with van der Waals surface area (Å²) in [6.45, 7) is 5.34. The van der Waals surface area contributed by atoms with Crippen LogP contribution in [0.2, 0.25) is 0 Å². The van der Waals surface area contributed by atoms with E-state index >= 15 is 0 Å². The summed E-state index contributed by atoms with van der Waals surface area (Å²) >= 11 is 0. The number of rotatable bonds is 3. The quantitative estimate of drug-likeness (QED) is 0.806. The van der Waals surface area contributed by atoms with Crippen molar-refractivity contribution in [3.05, 3.63) is 60.6 Å². The average molecular weight is 292 g/mol. The number of H-pyrrole nitrogens is 1. The van der Waals surface area contributed by atoms with Crippen molar-refractivity contribution < 1.29 is 0 Å². The molecule has 4 heteroatoms. The maximum absolute atomic E-state index is 4.09. The van der Waals surface area contributed by atoms with Gasteiger partial charge >= 0.3 is 0 Å². The Morgan fingerprint density at radius 3 is 2.50 bits per heavy atom. The predicted octanol–water partition coefficient (Wildman–Crippen LogP) is 2.89. The summed E-state index contributed by atoms with van der Waals surface area (Å²) < 4.78 is 0. The van der Waals surface area contributed by atoms with E-state index in [2.05, 4.69) is 62.2 Å². The lowest BCUT2D eigenvalue weighted by molar-refractivity contribution is 0.247. The summed E-state index contributed by atoms with van der Waals surface area (Å²) in [6.07, 6.45) is 3.73. The van der Waals surface area contributed by atoms with E-state index in [1.807, 2.05) is 12.4 Å². The molecule has 22 heavy (non-hydrogen) atoms. The number of hydrogen-bond donors (Lipinski definition) is 1. The Hall–Kier alpha value is -2.33. The third-order valence-corrected chi connectivity index (χ3v) is 4.38. The molecule has 2 aromatic heterocycles. The molecule has 1 fully saturated rings. The normalized spacial score (nSPS) is 16.3. The number of pyridine rings is 1. The number of piperazine rings is 1. The summed E-state index contributed by atoms with van der Waals surface area (Å²) in [6, 6.07) is 14.9. The SMILES string of the molecule is c1ccc2[nH]c(CN3CCN(c4ccncc4)CC3)cc2c1. The Labute approximate surface area is 130 Å². The third-order valence-electron chi connectivity index (χ3n) is 4.38. The molecule has 0 spiro atoms. The zero-order valence-corrected chi connectivity index (χ0v) is 12.6. The molecule has 0 bridgehead atoms. The van der Waals surface area contributed by atoms with Gasteiger partial charge in [-0.2, -0.15) is 0 Å². The minimum Gasteiger partial charge on any atom is -0.369 e. The van der Waals surface area contributed by atoms with Crippen LogP contribution in [0.3, 0.4) is 0 Å². The van der Waals surface area contributed by atoms with E-state index in [4.69, 9.17) is 0 Å². The molecule has 0 saturated carbocycles. The molecule has 4 rings (SSSR count). The van der Waals surface area contributed by atoms with E-state index in [1.54, 1.807) is 0 Å². The monoisotopic (exact) mass is 292 g/mol. The molecule has 0 unspecified atom stereocenters. The topological polar surface area (TPSA) is 35.2 Å². The smallest absolute Gasteiger partial charge is 0.0456 e. The molecule has 0 amide bonds. The first-order chi connectivity index (χ1) is 10.9. The van der Waals surface area contributed by atoms with Gasteiger partial charge in [0, 0.05) is 62.0 Å². The molecule has 3 aromatic rings. The number of aromatic amines is 1. The Kier molecular flexibility index (Phi) is 3.52. The van der Waals surface area contributed by atoms with Crippen LogP contribution in [0.15, 0.2) is 54.9 Å².